The van der Waals surface area contributed by atoms with Crippen LogP contribution in [0.2, 0.25) is 0 Å². The standard InChI is InChI=1S/C15H16N2O6/c1-3-21-14(19)16-17(15(20)22-4-2)11-9-23-12-8-6-5-7-10(12)13(11)18/h5-9H,3-4H2,1-2H3,(H,16,19). The lowest BCUT2D eigenvalue weighted by Gasteiger charge is -2.20. The first kappa shape index (κ1) is 16.3. The summed E-state index contributed by atoms with van der Waals surface area (Å²) >= 11 is 0. The highest BCUT2D eigenvalue weighted by atomic mass is 16.6. The van der Waals surface area contributed by atoms with Crippen molar-refractivity contribution >= 4 is 28.8 Å². The Kier molecular flexibility index (Phi) is 5.19. The summed E-state index contributed by atoms with van der Waals surface area (Å²) in [7, 11) is 0. The molecule has 23 heavy (non-hydrogen) atoms. The molecule has 0 saturated carbocycles. The molecule has 0 unspecified atom stereocenters. The average molecular weight is 320 g/mol. The van der Waals surface area contributed by atoms with Gasteiger partial charge in [0.2, 0.25) is 5.43 Å². The second-order valence-electron chi connectivity index (χ2n) is 4.31. The van der Waals surface area contributed by atoms with E-state index in [1.165, 1.54) is 0 Å². The van der Waals surface area contributed by atoms with Crippen LogP contribution in [0.1, 0.15) is 13.8 Å². The van der Waals surface area contributed by atoms with E-state index in [9.17, 15) is 14.4 Å². The van der Waals surface area contributed by atoms with Crippen molar-refractivity contribution in [1.82, 2.24) is 5.43 Å². The van der Waals surface area contributed by atoms with Gasteiger partial charge in [0.05, 0.1) is 18.6 Å². The van der Waals surface area contributed by atoms with E-state index < -0.39 is 17.6 Å². The second-order valence-corrected chi connectivity index (χ2v) is 4.31. The lowest BCUT2D eigenvalue weighted by Crippen LogP contribution is -2.48. The number of anilines is 1. The van der Waals surface area contributed by atoms with E-state index in [-0.39, 0.29) is 24.3 Å². The van der Waals surface area contributed by atoms with Gasteiger partial charge in [-0.15, -0.1) is 0 Å². The minimum absolute atomic E-state index is 0.0682. The Hall–Kier alpha value is -3.03. The third-order valence-electron chi connectivity index (χ3n) is 2.83. The number of hydrazine groups is 1. The van der Waals surface area contributed by atoms with Gasteiger partial charge in [-0.25, -0.2) is 15.0 Å². The number of ether oxygens (including phenoxy) is 2. The van der Waals surface area contributed by atoms with E-state index in [0.29, 0.717) is 10.6 Å². The molecule has 0 aliphatic carbocycles. The van der Waals surface area contributed by atoms with Crippen LogP contribution in [0.15, 0.2) is 39.7 Å². The zero-order valence-electron chi connectivity index (χ0n) is 12.7. The predicted molar refractivity (Wildman–Crippen MR) is 82.1 cm³/mol. The smallest absolute Gasteiger partial charge is 0.433 e. The van der Waals surface area contributed by atoms with Crippen molar-refractivity contribution in [3.05, 3.63) is 40.8 Å². The zero-order chi connectivity index (χ0) is 16.8. The van der Waals surface area contributed by atoms with E-state index in [0.717, 1.165) is 6.26 Å². The van der Waals surface area contributed by atoms with Gasteiger partial charge < -0.3 is 13.9 Å². The molecule has 0 bridgehead atoms. The van der Waals surface area contributed by atoms with Gasteiger partial charge in [0.15, 0.2) is 5.69 Å². The molecule has 0 atom stereocenters. The van der Waals surface area contributed by atoms with Gasteiger partial charge in [0.1, 0.15) is 11.8 Å². The molecule has 0 aliphatic heterocycles. The van der Waals surface area contributed by atoms with Crippen molar-refractivity contribution < 1.29 is 23.5 Å². The van der Waals surface area contributed by atoms with Crippen LogP contribution in [-0.2, 0) is 9.47 Å². The Labute approximate surface area is 131 Å². The van der Waals surface area contributed by atoms with Crippen LogP contribution in [0.5, 0.6) is 0 Å². The number of fused-ring (bicyclic) bond motifs is 1. The largest absolute Gasteiger partial charge is 0.462 e. The number of rotatable bonds is 3. The Balaban J connectivity index is 2.46. The quantitative estimate of drug-likeness (QED) is 0.872. The van der Waals surface area contributed by atoms with Crippen molar-refractivity contribution in [2.45, 2.75) is 13.8 Å². The van der Waals surface area contributed by atoms with Crippen molar-refractivity contribution in [3.63, 3.8) is 0 Å². The molecule has 8 nitrogen and oxygen atoms in total. The van der Waals surface area contributed by atoms with Crippen LogP contribution in [0, 0.1) is 0 Å². The van der Waals surface area contributed by atoms with Gasteiger partial charge in [0.25, 0.3) is 0 Å². The molecule has 2 aromatic rings. The SMILES string of the molecule is CCOC(=O)NN(C(=O)OCC)c1coc2ccccc2c1=O. The van der Waals surface area contributed by atoms with Crippen LogP contribution < -0.4 is 15.9 Å². The summed E-state index contributed by atoms with van der Waals surface area (Å²) in [6.45, 7) is 3.38. The molecule has 2 amide bonds. The van der Waals surface area contributed by atoms with Crippen LogP contribution in [0.4, 0.5) is 15.3 Å². The first-order chi connectivity index (χ1) is 11.1. The van der Waals surface area contributed by atoms with Crippen LogP contribution in [0.25, 0.3) is 11.0 Å². The van der Waals surface area contributed by atoms with Crippen LogP contribution in [0.3, 0.4) is 0 Å². The Morgan fingerprint density at radius 3 is 2.57 bits per heavy atom. The molecule has 0 radical (unpaired) electrons. The summed E-state index contributed by atoms with van der Waals surface area (Å²) in [5.74, 6) is 0. The zero-order valence-corrected chi connectivity index (χ0v) is 12.7. The van der Waals surface area contributed by atoms with Gasteiger partial charge in [-0.2, -0.15) is 5.01 Å². The normalized spacial score (nSPS) is 10.2. The fourth-order valence-electron chi connectivity index (χ4n) is 1.87. The van der Waals surface area contributed by atoms with E-state index >= 15 is 0 Å². The number of carbonyl (C=O) groups is 2. The van der Waals surface area contributed by atoms with E-state index in [1.54, 1.807) is 38.1 Å². The molecular weight excluding hydrogens is 304 g/mol. The molecule has 8 heteroatoms. The summed E-state index contributed by atoms with van der Waals surface area (Å²) in [6, 6.07) is 6.55. The second kappa shape index (κ2) is 7.30. The Morgan fingerprint density at radius 1 is 1.17 bits per heavy atom. The van der Waals surface area contributed by atoms with Crippen molar-refractivity contribution in [2.75, 3.05) is 18.2 Å². The molecule has 1 aromatic carbocycles. The van der Waals surface area contributed by atoms with Crippen LogP contribution in [-0.4, -0.2) is 25.4 Å². The molecule has 0 spiro atoms. The first-order valence-corrected chi connectivity index (χ1v) is 6.99. The molecular formula is C15H16N2O6. The molecule has 2 rings (SSSR count). The fraction of sp³-hybridized carbons (Fsp3) is 0.267. The third-order valence-corrected chi connectivity index (χ3v) is 2.83. The third kappa shape index (κ3) is 3.60. The van der Waals surface area contributed by atoms with E-state index in [1.807, 2.05) is 0 Å². The average Bonchev–Trinajstić information content (AvgIpc) is 2.54. The van der Waals surface area contributed by atoms with Gasteiger partial charge in [-0.3, -0.25) is 4.79 Å². The molecule has 0 fully saturated rings. The minimum atomic E-state index is -0.928. The number of amides is 2. The number of nitrogens with zero attached hydrogens (tertiary/aromatic N) is 1. The summed E-state index contributed by atoms with van der Waals surface area (Å²) in [4.78, 5) is 36.1. The van der Waals surface area contributed by atoms with Gasteiger partial charge in [-0.05, 0) is 26.0 Å². The van der Waals surface area contributed by atoms with Crippen molar-refractivity contribution in [3.8, 4) is 0 Å². The van der Waals surface area contributed by atoms with Crippen LogP contribution >= 0.6 is 0 Å². The number of hydrogen-bond donors (Lipinski definition) is 1. The summed E-state index contributed by atoms with van der Waals surface area (Å²) < 4.78 is 14.9. The number of benzene rings is 1. The monoisotopic (exact) mass is 320 g/mol. The lowest BCUT2D eigenvalue weighted by molar-refractivity contribution is 0.138. The number of nitrogens with one attached hydrogen (secondary N) is 1. The summed E-state index contributed by atoms with van der Waals surface area (Å²) in [5, 5.41) is 0.935. The van der Waals surface area contributed by atoms with E-state index in [4.69, 9.17) is 13.9 Å². The maximum Gasteiger partial charge on any atom is 0.433 e. The Morgan fingerprint density at radius 2 is 1.87 bits per heavy atom. The molecule has 0 aliphatic rings. The number of carbonyl (C=O) groups excluding carboxylic acids is 2. The highest BCUT2D eigenvalue weighted by Gasteiger charge is 2.24. The van der Waals surface area contributed by atoms with E-state index in [2.05, 4.69) is 5.43 Å². The lowest BCUT2D eigenvalue weighted by atomic mass is 10.2. The molecule has 1 N–H and O–H groups in total. The van der Waals surface area contributed by atoms with Gasteiger partial charge in [0, 0.05) is 0 Å². The number of hydrogen-bond acceptors (Lipinski definition) is 6. The molecule has 1 aromatic heterocycles. The molecule has 0 saturated heterocycles. The summed E-state index contributed by atoms with van der Waals surface area (Å²) in [6.07, 6.45) is -0.746. The molecule has 122 valence electrons. The highest BCUT2D eigenvalue weighted by molar-refractivity contribution is 5.92. The first-order valence-electron chi connectivity index (χ1n) is 6.99. The molecule has 1 heterocycles. The maximum absolute atomic E-state index is 12.5. The van der Waals surface area contributed by atoms with Gasteiger partial charge >= 0.3 is 12.2 Å². The fourth-order valence-corrected chi connectivity index (χ4v) is 1.87. The highest BCUT2D eigenvalue weighted by Crippen LogP contribution is 2.16. The minimum Gasteiger partial charge on any atom is -0.462 e. The Bertz CT molecular complexity index is 770. The topological polar surface area (TPSA) is 98.1 Å². The van der Waals surface area contributed by atoms with Crippen molar-refractivity contribution in [2.24, 2.45) is 0 Å². The predicted octanol–water partition coefficient (Wildman–Crippen LogP) is 2.42. The van der Waals surface area contributed by atoms with Crippen molar-refractivity contribution in [1.29, 1.82) is 0 Å². The summed E-state index contributed by atoms with van der Waals surface area (Å²) in [5.41, 5.74) is 1.85. The van der Waals surface area contributed by atoms with Gasteiger partial charge in [-0.1, -0.05) is 12.1 Å². The maximum atomic E-state index is 12.5. The number of para-hydroxylation sites is 1.